The van der Waals surface area contributed by atoms with Crippen LogP contribution in [0, 0.1) is 17.5 Å². The van der Waals surface area contributed by atoms with Crippen molar-refractivity contribution in [2.24, 2.45) is 0 Å². The first-order valence-corrected chi connectivity index (χ1v) is 10.6. The average molecular weight is 436 g/mol. The highest BCUT2D eigenvalue weighted by molar-refractivity contribution is 7.99. The number of nitrogens with one attached hydrogen (secondary N) is 2. The van der Waals surface area contributed by atoms with Gasteiger partial charge in [0.25, 0.3) is 0 Å². The highest BCUT2D eigenvalue weighted by atomic mass is 32.2. The molecule has 2 aromatic heterocycles. The predicted octanol–water partition coefficient (Wildman–Crippen LogP) is 4.82. The van der Waals surface area contributed by atoms with E-state index < -0.39 is 0 Å². The number of carbonyl (C=O) groups is 1. The van der Waals surface area contributed by atoms with E-state index in [-0.39, 0.29) is 11.7 Å². The van der Waals surface area contributed by atoms with Gasteiger partial charge in [0.2, 0.25) is 5.91 Å². The van der Waals surface area contributed by atoms with E-state index in [0.717, 1.165) is 15.5 Å². The number of thiazole rings is 1. The second-order valence-corrected chi connectivity index (χ2v) is 8.34. The Kier molecular flexibility index (Phi) is 6.76. The molecular formula is C18H18FN5OS3. The molecule has 0 saturated carbocycles. The van der Waals surface area contributed by atoms with Gasteiger partial charge in [-0.1, -0.05) is 17.4 Å². The SMILES string of the molecule is C=CCn1c(-c2sc(NC(=O)CCSc3ccc(F)cc3)nc2C)n[nH]c1=S. The van der Waals surface area contributed by atoms with Gasteiger partial charge in [0.1, 0.15) is 5.82 Å². The molecule has 1 amide bonds. The molecule has 2 N–H and O–H groups in total. The summed E-state index contributed by atoms with van der Waals surface area (Å²) in [7, 11) is 0. The van der Waals surface area contributed by atoms with Gasteiger partial charge in [0, 0.05) is 23.6 Å². The summed E-state index contributed by atoms with van der Waals surface area (Å²) in [6.07, 6.45) is 2.07. The van der Waals surface area contributed by atoms with Gasteiger partial charge >= 0.3 is 0 Å². The quantitative estimate of drug-likeness (QED) is 0.301. The monoisotopic (exact) mass is 435 g/mol. The van der Waals surface area contributed by atoms with Crippen LogP contribution < -0.4 is 5.32 Å². The fourth-order valence-corrected chi connectivity index (χ4v) is 4.46. The molecule has 1 aromatic carbocycles. The molecule has 0 radical (unpaired) electrons. The topological polar surface area (TPSA) is 75.6 Å². The zero-order chi connectivity index (χ0) is 20.1. The number of hydrogen-bond acceptors (Lipinski definition) is 6. The molecule has 146 valence electrons. The van der Waals surface area contributed by atoms with E-state index in [1.165, 1.54) is 35.2 Å². The van der Waals surface area contributed by atoms with Gasteiger partial charge in [0.15, 0.2) is 15.7 Å². The molecule has 0 bridgehead atoms. The number of nitrogens with zero attached hydrogens (tertiary/aromatic N) is 3. The van der Waals surface area contributed by atoms with Gasteiger partial charge in [-0.3, -0.25) is 14.5 Å². The van der Waals surface area contributed by atoms with Crippen LogP contribution in [-0.2, 0) is 11.3 Å². The maximum absolute atomic E-state index is 12.9. The molecule has 6 nitrogen and oxygen atoms in total. The van der Waals surface area contributed by atoms with Crippen LogP contribution in [0.5, 0.6) is 0 Å². The van der Waals surface area contributed by atoms with Crippen molar-refractivity contribution in [2.75, 3.05) is 11.1 Å². The molecule has 0 aliphatic heterocycles. The van der Waals surface area contributed by atoms with E-state index in [1.54, 1.807) is 18.2 Å². The molecule has 2 heterocycles. The zero-order valence-corrected chi connectivity index (χ0v) is 17.5. The minimum Gasteiger partial charge on any atom is -0.302 e. The van der Waals surface area contributed by atoms with E-state index in [9.17, 15) is 9.18 Å². The molecule has 0 unspecified atom stereocenters. The number of anilines is 1. The Morgan fingerprint density at radius 1 is 1.46 bits per heavy atom. The van der Waals surface area contributed by atoms with Crippen molar-refractivity contribution in [2.45, 2.75) is 24.8 Å². The number of benzene rings is 1. The third kappa shape index (κ3) is 4.94. The number of allylic oxidation sites excluding steroid dienone is 1. The number of thioether (sulfide) groups is 1. The summed E-state index contributed by atoms with van der Waals surface area (Å²) in [5.74, 6) is 0.867. The second-order valence-electron chi connectivity index (χ2n) is 5.79. The lowest BCUT2D eigenvalue weighted by atomic mass is 10.3. The van der Waals surface area contributed by atoms with Crippen molar-refractivity contribution in [1.82, 2.24) is 19.7 Å². The minimum atomic E-state index is -0.272. The predicted molar refractivity (Wildman–Crippen MR) is 114 cm³/mol. The third-order valence-electron chi connectivity index (χ3n) is 3.73. The molecule has 0 fully saturated rings. The van der Waals surface area contributed by atoms with Gasteiger partial charge in [-0.2, -0.15) is 5.10 Å². The minimum absolute atomic E-state index is 0.125. The summed E-state index contributed by atoms with van der Waals surface area (Å²) >= 11 is 8.09. The maximum atomic E-state index is 12.9. The van der Waals surface area contributed by atoms with Crippen LogP contribution in [0.1, 0.15) is 12.1 Å². The number of carbonyl (C=O) groups excluding carboxylic acids is 1. The first-order chi connectivity index (χ1) is 13.5. The number of H-pyrrole nitrogens is 1. The molecule has 28 heavy (non-hydrogen) atoms. The van der Waals surface area contributed by atoms with Crippen molar-refractivity contribution in [3.8, 4) is 10.7 Å². The molecule has 3 rings (SSSR count). The number of rotatable bonds is 8. The Hall–Kier alpha value is -2.30. The highest BCUT2D eigenvalue weighted by Crippen LogP contribution is 2.31. The van der Waals surface area contributed by atoms with Gasteiger partial charge in [-0.25, -0.2) is 9.37 Å². The van der Waals surface area contributed by atoms with E-state index in [1.807, 2.05) is 11.5 Å². The standard InChI is InChI=1S/C18H18FN5OS3/c1-3-9-24-16(22-23-18(24)26)15-11(2)20-17(28-15)21-14(25)8-10-27-13-6-4-12(19)5-7-13/h3-7H,1,8-10H2,2H3,(H,23,26)(H,20,21,25). The Morgan fingerprint density at radius 3 is 2.93 bits per heavy atom. The lowest BCUT2D eigenvalue weighted by Gasteiger charge is -2.02. The summed E-state index contributed by atoms with van der Waals surface area (Å²) in [5.41, 5.74) is 0.764. The zero-order valence-electron chi connectivity index (χ0n) is 15.1. The second kappa shape index (κ2) is 9.26. The van der Waals surface area contributed by atoms with Crippen molar-refractivity contribution >= 4 is 46.4 Å². The van der Waals surface area contributed by atoms with E-state index in [2.05, 4.69) is 27.1 Å². The van der Waals surface area contributed by atoms with Gasteiger partial charge in [0.05, 0.1) is 10.6 Å². The van der Waals surface area contributed by atoms with Gasteiger partial charge < -0.3 is 5.32 Å². The summed E-state index contributed by atoms with van der Waals surface area (Å²) < 4.78 is 15.2. The number of halogens is 1. The first kappa shape index (κ1) is 20.4. The Labute approximate surface area is 174 Å². The molecule has 0 saturated heterocycles. The van der Waals surface area contributed by atoms with Crippen LogP contribution in [0.4, 0.5) is 9.52 Å². The highest BCUT2D eigenvalue weighted by Gasteiger charge is 2.17. The molecular weight excluding hydrogens is 417 g/mol. The third-order valence-corrected chi connectivity index (χ3v) is 6.12. The Balaban J connectivity index is 1.61. The molecule has 0 aliphatic carbocycles. The van der Waals surface area contributed by atoms with Crippen LogP contribution in [0.2, 0.25) is 0 Å². The van der Waals surface area contributed by atoms with Crippen LogP contribution in [-0.4, -0.2) is 31.4 Å². The van der Waals surface area contributed by atoms with Crippen molar-refractivity contribution in [3.05, 3.63) is 53.2 Å². The van der Waals surface area contributed by atoms with Crippen molar-refractivity contribution in [1.29, 1.82) is 0 Å². The average Bonchev–Trinajstić information content (AvgIpc) is 3.19. The van der Waals surface area contributed by atoms with E-state index in [0.29, 0.717) is 34.4 Å². The smallest absolute Gasteiger partial charge is 0.226 e. The number of hydrogen-bond donors (Lipinski definition) is 2. The molecule has 3 aromatic rings. The number of aryl methyl sites for hydroxylation is 1. The van der Waals surface area contributed by atoms with Crippen LogP contribution in [0.15, 0.2) is 41.8 Å². The summed E-state index contributed by atoms with van der Waals surface area (Å²) in [6.45, 7) is 6.13. The lowest BCUT2D eigenvalue weighted by Crippen LogP contribution is -2.11. The van der Waals surface area contributed by atoms with Crippen molar-refractivity contribution in [3.63, 3.8) is 0 Å². The fourth-order valence-electron chi connectivity index (χ4n) is 2.42. The first-order valence-electron chi connectivity index (χ1n) is 8.40. The Morgan fingerprint density at radius 2 is 2.21 bits per heavy atom. The molecule has 0 spiro atoms. The molecule has 0 aliphatic rings. The van der Waals surface area contributed by atoms with E-state index >= 15 is 0 Å². The van der Waals surface area contributed by atoms with Gasteiger partial charge in [-0.05, 0) is 43.4 Å². The fraction of sp³-hybridized carbons (Fsp3) is 0.222. The van der Waals surface area contributed by atoms with Crippen LogP contribution in [0.25, 0.3) is 10.7 Å². The number of aromatic nitrogens is 4. The number of amides is 1. The van der Waals surface area contributed by atoms with Gasteiger partial charge in [-0.15, -0.1) is 18.3 Å². The molecule has 10 heteroatoms. The van der Waals surface area contributed by atoms with E-state index in [4.69, 9.17) is 12.2 Å². The maximum Gasteiger partial charge on any atom is 0.226 e. The largest absolute Gasteiger partial charge is 0.302 e. The Bertz CT molecular complexity index is 1040. The summed E-state index contributed by atoms with van der Waals surface area (Å²) in [6, 6.07) is 6.21. The molecule has 0 atom stereocenters. The summed E-state index contributed by atoms with van der Waals surface area (Å²) in [4.78, 5) is 18.4. The lowest BCUT2D eigenvalue weighted by molar-refractivity contribution is -0.115. The normalized spacial score (nSPS) is 10.8. The summed E-state index contributed by atoms with van der Waals surface area (Å²) in [5, 5.41) is 10.4. The number of aromatic amines is 1. The van der Waals surface area contributed by atoms with Crippen LogP contribution >= 0.6 is 35.3 Å². The van der Waals surface area contributed by atoms with Crippen molar-refractivity contribution < 1.29 is 9.18 Å². The van der Waals surface area contributed by atoms with Crippen LogP contribution in [0.3, 0.4) is 0 Å².